The predicted octanol–water partition coefficient (Wildman–Crippen LogP) is 1.60. The SMILES string of the molecule is CNC1CCC(NC(=O)CCOCC(F)(F)F)CC1. The molecule has 0 unspecified atom stereocenters. The molecule has 0 radical (unpaired) electrons. The van der Waals surface area contributed by atoms with Crippen molar-refractivity contribution < 1.29 is 22.7 Å². The van der Waals surface area contributed by atoms with Gasteiger partial charge < -0.3 is 15.4 Å². The van der Waals surface area contributed by atoms with E-state index in [1.807, 2.05) is 7.05 Å². The number of ether oxygens (including phenoxy) is 1. The van der Waals surface area contributed by atoms with Crippen LogP contribution in [-0.4, -0.2) is 44.4 Å². The second-order valence-corrected chi connectivity index (χ2v) is 4.82. The predicted molar refractivity (Wildman–Crippen MR) is 64.7 cm³/mol. The molecule has 1 amide bonds. The van der Waals surface area contributed by atoms with Gasteiger partial charge in [0.15, 0.2) is 0 Å². The van der Waals surface area contributed by atoms with Gasteiger partial charge in [-0.2, -0.15) is 13.2 Å². The maximum Gasteiger partial charge on any atom is 0.411 e. The van der Waals surface area contributed by atoms with Crippen molar-refractivity contribution in [3.05, 3.63) is 0 Å². The lowest BCUT2D eigenvalue weighted by Crippen LogP contribution is -2.41. The number of halogens is 3. The standard InChI is InChI=1S/C12H21F3N2O2/c1-16-9-2-4-10(5-3-9)17-11(18)6-7-19-8-12(13,14)15/h9-10,16H,2-8H2,1H3,(H,17,18). The Morgan fingerprint density at radius 2 is 1.79 bits per heavy atom. The van der Waals surface area contributed by atoms with E-state index in [0.717, 1.165) is 25.7 Å². The minimum absolute atomic E-state index is 0.0258. The van der Waals surface area contributed by atoms with Gasteiger partial charge in [-0.3, -0.25) is 4.79 Å². The van der Waals surface area contributed by atoms with Crippen molar-refractivity contribution in [2.75, 3.05) is 20.3 Å². The number of carbonyl (C=O) groups is 1. The lowest BCUT2D eigenvalue weighted by atomic mass is 9.91. The van der Waals surface area contributed by atoms with Crippen molar-refractivity contribution >= 4 is 5.91 Å². The van der Waals surface area contributed by atoms with Crippen molar-refractivity contribution in [3.8, 4) is 0 Å². The quantitative estimate of drug-likeness (QED) is 0.728. The fourth-order valence-corrected chi connectivity index (χ4v) is 2.18. The zero-order valence-corrected chi connectivity index (χ0v) is 11.1. The molecule has 4 nitrogen and oxygen atoms in total. The Morgan fingerprint density at radius 3 is 2.32 bits per heavy atom. The first-order valence-electron chi connectivity index (χ1n) is 6.52. The topological polar surface area (TPSA) is 50.4 Å². The van der Waals surface area contributed by atoms with Gasteiger partial charge in [-0.1, -0.05) is 0 Å². The number of hydrogen-bond acceptors (Lipinski definition) is 3. The molecule has 19 heavy (non-hydrogen) atoms. The van der Waals surface area contributed by atoms with Crippen LogP contribution in [0.5, 0.6) is 0 Å². The molecule has 0 bridgehead atoms. The molecule has 0 aliphatic heterocycles. The van der Waals surface area contributed by atoms with E-state index in [1.54, 1.807) is 0 Å². The Labute approximate surface area is 111 Å². The smallest absolute Gasteiger partial charge is 0.372 e. The van der Waals surface area contributed by atoms with Crippen LogP contribution >= 0.6 is 0 Å². The molecule has 1 saturated carbocycles. The average molecular weight is 282 g/mol. The minimum Gasteiger partial charge on any atom is -0.372 e. The van der Waals surface area contributed by atoms with E-state index in [9.17, 15) is 18.0 Å². The van der Waals surface area contributed by atoms with Gasteiger partial charge in [0.1, 0.15) is 6.61 Å². The third-order valence-electron chi connectivity index (χ3n) is 3.24. The van der Waals surface area contributed by atoms with E-state index >= 15 is 0 Å². The largest absolute Gasteiger partial charge is 0.411 e. The third-order valence-corrected chi connectivity index (χ3v) is 3.24. The fraction of sp³-hybridized carbons (Fsp3) is 0.917. The van der Waals surface area contributed by atoms with Crippen LogP contribution in [0.15, 0.2) is 0 Å². The van der Waals surface area contributed by atoms with E-state index in [2.05, 4.69) is 15.4 Å². The maximum atomic E-state index is 11.8. The van der Waals surface area contributed by atoms with Crippen LogP contribution in [0.4, 0.5) is 13.2 Å². The Kier molecular flexibility index (Phi) is 6.57. The highest BCUT2D eigenvalue weighted by molar-refractivity contribution is 5.76. The molecular weight excluding hydrogens is 261 g/mol. The van der Waals surface area contributed by atoms with E-state index < -0.39 is 12.8 Å². The van der Waals surface area contributed by atoms with Gasteiger partial charge in [0.05, 0.1) is 6.61 Å². The lowest BCUT2D eigenvalue weighted by molar-refractivity contribution is -0.174. The number of alkyl halides is 3. The molecule has 0 aromatic rings. The molecule has 0 aromatic heterocycles. The Hall–Kier alpha value is -0.820. The highest BCUT2D eigenvalue weighted by atomic mass is 19.4. The van der Waals surface area contributed by atoms with Crippen molar-refractivity contribution in [2.24, 2.45) is 0 Å². The first-order valence-corrected chi connectivity index (χ1v) is 6.52. The van der Waals surface area contributed by atoms with Gasteiger partial charge >= 0.3 is 6.18 Å². The highest BCUT2D eigenvalue weighted by Gasteiger charge is 2.27. The summed E-state index contributed by atoms with van der Waals surface area (Å²) in [5.74, 6) is -0.241. The lowest BCUT2D eigenvalue weighted by Gasteiger charge is -2.28. The monoisotopic (exact) mass is 282 g/mol. The molecule has 1 fully saturated rings. The fourth-order valence-electron chi connectivity index (χ4n) is 2.18. The maximum absolute atomic E-state index is 11.8. The van der Waals surface area contributed by atoms with Crippen molar-refractivity contribution in [1.29, 1.82) is 0 Å². The van der Waals surface area contributed by atoms with Crippen LogP contribution in [0, 0.1) is 0 Å². The molecule has 0 saturated heterocycles. The third kappa shape index (κ3) is 7.37. The van der Waals surface area contributed by atoms with E-state index in [0.29, 0.717) is 6.04 Å². The second-order valence-electron chi connectivity index (χ2n) is 4.82. The zero-order valence-electron chi connectivity index (χ0n) is 11.1. The van der Waals surface area contributed by atoms with Crippen LogP contribution in [0.2, 0.25) is 0 Å². The summed E-state index contributed by atoms with van der Waals surface area (Å²) in [6, 6.07) is 0.642. The number of nitrogens with one attached hydrogen (secondary N) is 2. The molecule has 1 aliphatic carbocycles. The first-order chi connectivity index (χ1) is 8.90. The summed E-state index contributed by atoms with van der Waals surface area (Å²) in [6.45, 7) is -1.50. The van der Waals surface area contributed by atoms with E-state index in [-0.39, 0.29) is 25.0 Å². The van der Waals surface area contributed by atoms with Gasteiger partial charge in [-0.15, -0.1) is 0 Å². The van der Waals surface area contributed by atoms with Crippen LogP contribution < -0.4 is 10.6 Å². The van der Waals surface area contributed by atoms with Gasteiger partial charge in [0.25, 0.3) is 0 Å². The summed E-state index contributed by atoms with van der Waals surface area (Å²) in [7, 11) is 1.92. The molecule has 0 atom stereocenters. The highest BCUT2D eigenvalue weighted by Crippen LogP contribution is 2.18. The van der Waals surface area contributed by atoms with Crippen molar-refractivity contribution in [3.63, 3.8) is 0 Å². The number of hydrogen-bond donors (Lipinski definition) is 2. The second kappa shape index (κ2) is 7.69. The number of amides is 1. The summed E-state index contributed by atoms with van der Waals surface area (Å²) < 4.78 is 39.8. The molecule has 1 rings (SSSR count). The van der Waals surface area contributed by atoms with E-state index in [4.69, 9.17) is 0 Å². The molecule has 0 aromatic carbocycles. The summed E-state index contributed by atoms with van der Waals surface area (Å²) in [4.78, 5) is 11.5. The van der Waals surface area contributed by atoms with Crippen molar-refractivity contribution in [2.45, 2.75) is 50.4 Å². The molecule has 1 aliphatic rings. The van der Waals surface area contributed by atoms with Crippen LogP contribution in [0.25, 0.3) is 0 Å². The van der Waals surface area contributed by atoms with Gasteiger partial charge in [0, 0.05) is 18.5 Å². The summed E-state index contributed by atoms with van der Waals surface area (Å²) in [5, 5.41) is 6.03. The summed E-state index contributed by atoms with van der Waals surface area (Å²) in [5.41, 5.74) is 0. The van der Waals surface area contributed by atoms with Crippen LogP contribution in [0.3, 0.4) is 0 Å². The average Bonchev–Trinajstić information content (AvgIpc) is 2.34. The summed E-state index contributed by atoms with van der Waals surface area (Å²) in [6.07, 6.45) is -0.538. The minimum atomic E-state index is -4.33. The molecule has 0 spiro atoms. The normalized spacial score (nSPS) is 24.2. The van der Waals surface area contributed by atoms with Gasteiger partial charge in [-0.05, 0) is 32.7 Å². The Balaban J connectivity index is 2.08. The molecule has 0 heterocycles. The molecule has 2 N–H and O–H groups in total. The van der Waals surface area contributed by atoms with Crippen LogP contribution in [0.1, 0.15) is 32.1 Å². The Bertz CT molecular complexity index is 277. The molecule has 112 valence electrons. The van der Waals surface area contributed by atoms with Gasteiger partial charge in [-0.25, -0.2) is 0 Å². The number of rotatable bonds is 6. The molecular formula is C12H21F3N2O2. The molecule has 7 heteroatoms. The van der Waals surface area contributed by atoms with Gasteiger partial charge in [0.2, 0.25) is 5.91 Å². The van der Waals surface area contributed by atoms with E-state index in [1.165, 1.54) is 0 Å². The number of carbonyl (C=O) groups excluding carboxylic acids is 1. The van der Waals surface area contributed by atoms with Crippen LogP contribution in [-0.2, 0) is 9.53 Å². The zero-order chi connectivity index (χ0) is 14.3. The Morgan fingerprint density at radius 1 is 1.21 bits per heavy atom. The first kappa shape index (κ1) is 16.2. The van der Waals surface area contributed by atoms with Crippen molar-refractivity contribution in [1.82, 2.24) is 10.6 Å². The summed E-state index contributed by atoms with van der Waals surface area (Å²) >= 11 is 0.